The number of rotatable bonds is 5. The summed E-state index contributed by atoms with van der Waals surface area (Å²) in [4.78, 5) is 4.71. The van der Waals surface area contributed by atoms with Crippen LogP contribution in [0.25, 0.3) is 16.7 Å². The van der Waals surface area contributed by atoms with Crippen LogP contribution in [0, 0.1) is 18.3 Å². The number of benzene rings is 2. The van der Waals surface area contributed by atoms with Crippen molar-refractivity contribution in [2.24, 2.45) is 5.10 Å². The van der Waals surface area contributed by atoms with Crippen LogP contribution in [-0.2, 0) is 6.42 Å². The molecule has 0 aliphatic carbocycles. The molecule has 0 aliphatic heterocycles. The molecule has 0 unspecified atom stereocenters. The predicted octanol–water partition coefficient (Wildman–Crippen LogP) is 4.68. The number of nitrogens with zero attached hydrogens (tertiary/aromatic N) is 4. The smallest absolute Gasteiger partial charge is 0.157 e. The number of methoxy groups -OCH3 is 1. The highest BCUT2D eigenvalue weighted by atomic mass is 16.5. The van der Waals surface area contributed by atoms with E-state index in [-0.39, 0.29) is 0 Å². The number of hydrogen-bond acceptors (Lipinski definition) is 5. The highest BCUT2D eigenvalue weighted by molar-refractivity contribution is 5.87. The number of fused-ring (bicyclic) bond motifs is 3. The van der Waals surface area contributed by atoms with Crippen LogP contribution in [0.2, 0.25) is 0 Å². The zero-order chi connectivity index (χ0) is 20.4. The largest absolute Gasteiger partial charge is 0.496 e. The standard InChI is InChI=1S/C23H21N5O/c1-4-17-15(2)18(13-24)22-26-19-10-6-7-11-20(19)28(22)23(17)27-25-14-16-9-5-8-12-21(16)29-3/h5-12,14,27H,4H2,1-3H3. The van der Waals surface area contributed by atoms with Crippen LogP contribution in [0.5, 0.6) is 5.75 Å². The summed E-state index contributed by atoms with van der Waals surface area (Å²) in [6.45, 7) is 4.04. The Morgan fingerprint density at radius 1 is 1.21 bits per heavy atom. The van der Waals surface area contributed by atoms with E-state index in [1.807, 2.05) is 59.9 Å². The molecule has 144 valence electrons. The maximum absolute atomic E-state index is 9.77. The summed E-state index contributed by atoms with van der Waals surface area (Å²) in [5, 5.41) is 14.2. The quantitative estimate of drug-likeness (QED) is 0.401. The molecule has 0 spiro atoms. The monoisotopic (exact) mass is 383 g/mol. The molecule has 0 bridgehead atoms. The van der Waals surface area contributed by atoms with Crippen LogP contribution in [-0.4, -0.2) is 22.7 Å². The van der Waals surface area contributed by atoms with E-state index in [9.17, 15) is 5.26 Å². The van der Waals surface area contributed by atoms with Crippen molar-refractivity contribution in [2.75, 3.05) is 12.5 Å². The Kier molecular flexibility index (Phi) is 4.88. The number of anilines is 1. The van der Waals surface area contributed by atoms with Crippen molar-refractivity contribution in [3.8, 4) is 11.8 Å². The van der Waals surface area contributed by atoms with E-state index in [0.717, 1.165) is 45.7 Å². The van der Waals surface area contributed by atoms with Gasteiger partial charge in [0.15, 0.2) is 5.65 Å². The Labute approximate surface area is 169 Å². The van der Waals surface area contributed by atoms with Gasteiger partial charge >= 0.3 is 0 Å². The third kappa shape index (κ3) is 3.07. The van der Waals surface area contributed by atoms with Crippen LogP contribution >= 0.6 is 0 Å². The number of hydrazone groups is 1. The van der Waals surface area contributed by atoms with Gasteiger partial charge in [0.05, 0.1) is 29.9 Å². The zero-order valence-corrected chi connectivity index (χ0v) is 16.6. The van der Waals surface area contributed by atoms with Crippen LogP contribution in [0.3, 0.4) is 0 Å². The highest BCUT2D eigenvalue weighted by Gasteiger charge is 2.19. The fourth-order valence-corrected chi connectivity index (χ4v) is 3.67. The maximum Gasteiger partial charge on any atom is 0.157 e. The summed E-state index contributed by atoms with van der Waals surface area (Å²) in [5.41, 5.74) is 9.05. The second-order valence-electron chi connectivity index (χ2n) is 6.66. The van der Waals surface area contributed by atoms with E-state index in [1.165, 1.54) is 0 Å². The van der Waals surface area contributed by atoms with Gasteiger partial charge in [0.25, 0.3) is 0 Å². The number of nitriles is 1. The van der Waals surface area contributed by atoms with Gasteiger partial charge in [0.2, 0.25) is 0 Å². The number of ether oxygens (including phenoxy) is 1. The second kappa shape index (κ2) is 7.64. The molecule has 0 saturated carbocycles. The molecule has 0 radical (unpaired) electrons. The number of nitrogens with one attached hydrogen (secondary N) is 1. The third-order valence-corrected chi connectivity index (χ3v) is 5.10. The first kappa shape index (κ1) is 18.5. The molecule has 4 aromatic rings. The number of pyridine rings is 1. The van der Waals surface area contributed by atoms with Crippen molar-refractivity contribution in [3.63, 3.8) is 0 Å². The maximum atomic E-state index is 9.77. The van der Waals surface area contributed by atoms with E-state index < -0.39 is 0 Å². The molecule has 0 atom stereocenters. The second-order valence-corrected chi connectivity index (χ2v) is 6.66. The Bertz CT molecular complexity index is 1280. The van der Waals surface area contributed by atoms with Gasteiger partial charge < -0.3 is 4.74 Å². The Morgan fingerprint density at radius 3 is 2.72 bits per heavy atom. The molecule has 0 fully saturated rings. The molecule has 2 aromatic carbocycles. The van der Waals surface area contributed by atoms with Gasteiger partial charge in [-0.25, -0.2) is 4.98 Å². The fraction of sp³-hybridized carbons (Fsp3) is 0.174. The first-order valence-electron chi connectivity index (χ1n) is 9.44. The minimum absolute atomic E-state index is 0.595. The number of para-hydroxylation sites is 3. The van der Waals surface area contributed by atoms with Gasteiger partial charge in [-0.1, -0.05) is 31.2 Å². The predicted molar refractivity (Wildman–Crippen MR) is 116 cm³/mol. The summed E-state index contributed by atoms with van der Waals surface area (Å²) in [6.07, 6.45) is 2.49. The van der Waals surface area contributed by atoms with Gasteiger partial charge in [-0.2, -0.15) is 10.4 Å². The van der Waals surface area contributed by atoms with Crippen molar-refractivity contribution >= 4 is 28.7 Å². The Morgan fingerprint density at radius 2 is 1.97 bits per heavy atom. The van der Waals surface area contributed by atoms with Crippen LogP contribution in [0.1, 0.15) is 29.2 Å². The molecule has 1 N–H and O–H groups in total. The molecule has 6 nitrogen and oxygen atoms in total. The number of hydrogen-bond donors (Lipinski definition) is 1. The van der Waals surface area contributed by atoms with Gasteiger partial charge in [0, 0.05) is 5.56 Å². The lowest BCUT2D eigenvalue weighted by atomic mass is 10.0. The topological polar surface area (TPSA) is 74.7 Å². The summed E-state index contributed by atoms with van der Waals surface area (Å²) in [7, 11) is 1.64. The lowest BCUT2D eigenvalue weighted by Crippen LogP contribution is -2.07. The van der Waals surface area contributed by atoms with Crippen molar-refractivity contribution in [1.82, 2.24) is 9.38 Å². The molecule has 4 rings (SSSR count). The normalized spacial score (nSPS) is 11.2. The molecular formula is C23H21N5O. The van der Waals surface area contributed by atoms with Crippen molar-refractivity contribution < 1.29 is 4.74 Å². The third-order valence-electron chi connectivity index (χ3n) is 5.10. The van der Waals surface area contributed by atoms with E-state index in [4.69, 9.17) is 9.72 Å². The van der Waals surface area contributed by atoms with Crippen molar-refractivity contribution in [3.05, 3.63) is 70.8 Å². The van der Waals surface area contributed by atoms with Gasteiger partial charge in [-0.15, -0.1) is 0 Å². The minimum Gasteiger partial charge on any atom is -0.496 e. The number of aromatic nitrogens is 2. The first-order chi connectivity index (χ1) is 14.2. The Balaban J connectivity index is 1.91. The van der Waals surface area contributed by atoms with Gasteiger partial charge in [0.1, 0.15) is 17.6 Å². The molecule has 2 aromatic heterocycles. The van der Waals surface area contributed by atoms with E-state index >= 15 is 0 Å². The molecule has 0 saturated heterocycles. The molecule has 2 heterocycles. The van der Waals surface area contributed by atoms with Crippen LogP contribution in [0.4, 0.5) is 5.82 Å². The average molecular weight is 383 g/mol. The zero-order valence-electron chi connectivity index (χ0n) is 16.6. The minimum atomic E-state index is 0.595. The molecule has 0 aliphatic rings. The fourth-order valence-electron chi connectivity index (χ4n) is 3.67. The number of imidazole rings is 1. The van der Waals surface area contributed by atoms with Crippen molar-refractivity contribution in [2.45, 2.75) is 20.3 Å². The highest BCUT2D eigenvalue weighted by Crippen LogP contribution is 2.31. The van der Waals surface area contributed by atoms with Crippen molar-refractivity contribution in [1.29, 1.82) is 5.26 Å². The Hall–Kier alpha value is -3.85. The lowest BCUT2D eigenvalue weighted by Gasteiger charge is -2.15. The van der Waals surface area contributed by atoms with E-state index in [2.05, 4.69) is 23.5 Å². The summed E-state index contributed by atoms with van der Waals surface area (Å²) in [5.74, 6) is 1.57. The molecular weight excluding hydrogens is 362 g/mol. The molecule has 0 amide bonds. The lowest BCUT2D eigenvalue weighted by molar-refractivity contribution is 0.414. The first-order valence-corrected chi connectivity index (χ1v) is 9.44. The summed E-state index contributed by atoms with van der Waals surface area (Å²) in [6, 6.07) is 17.9. The SMILES string of the molecule is CCc1c(C)c(C#N)c2nc3ccccc3n2c1NN=Cc1ccccc1OC. The summed E-state index contributed by atoms with van der Waals surface area (Å²) < 4.78 is 7.37. The van der Waals surface area contributed by atoms with Gasteiger partial charge in [-0.3, -0.25) is 9.83 Å². The van der Waals surface area contributed by atoms with Crippen LogP contribution < -0.4 is 10.2 Å². The van der Waals surface area contributed by atoms with E-state index in [0.29, 0.717) is 11.2 Å². The summed E-state index contributed by atoms with van der Waals surface area (Å²) >= 11 is 0. The average Bonchev–Trinajstić information content (AvgIpc) is 3.13. The van der Waals surface area contributed by atoms with Crippen LogP contribution in [0.15, 0.2) is 53.6 Å². The molecule has 29 heavy (non-hydrogen) atoms. The van der Waals surface area contributed by atoms with E-state index in [1.54, 1.807) is 13.3 Å². The molecule has 6 heteroatoms. The van der Waals surface area contributed by atoms with Gasteiger partial charge in [-0.05, 0) is 48.7 Å².